The van der Waals surface area contributed by atoms with Gasteiger partial charge in [-0.3, -0.25) is 14.5 Å². The smallest absolute Gasteiger partial charge is 0.233 e. The molecule has 0 bridgehead atoms. The Kier molecular flexibility index (Phi) is 3.53. The summed E-state index contributed by atoms with van der Waals surface area (Å²) in [5.74, 6) is -0.749. The molecule has 1 saturated heterocycles. The largest absolute Gasteiger partial charge is 0.274 e. The fraction of sp³-hybridized carbons (Fsp3) is 0.231. The molecule has 5 nitrogen and oxygen atoms in total. The van der Waals surface area contributed by atoms with Gasteiger partial charge in [0.2, 0.25) is 21.7 Å². The third-order valence-corrected chi connectivity index (χ3v) is 4.24. The zero-order chi connectivity index (χ0) is 14.0. The minimum Gasteiger partial charge on any atom is -0.274 e. The molecule has 1 aromatic carbocycles. The normalized spacial score (nSPS) is 16.6. The number of likely N-dealkylation sites (tertiary alicyclic amines) is 1. The van der Waals surface area contributed by atoms with Crippen LogP contribution in [0.15, 0.2) is 40.8 Å². The number of hydrogen-bond donors (Lipinski definition) is 0. The molecule has 0 radical (unpaired) electrons. The standard InChI is InChI=1S/C13H13NO4S/c1-10-2-4-11(5-3-10)19(17,18)9-8-14-12(15)6-7-13(14)16/h2-5,8-9H,6-7H2,1H3/b9-8+. The predicted octanol–water partition coefficient (Wildman–Crippen LogP) is 1.39. The lowest BCUT2D eigenvalue weighted by atomic mass is 10.2. The maximum Gasteiger partial charge on any atom is 0.233 e. The molecule has 1 aliphatic rings. The summed E-state index contributed by atoms with van der Waals surface area (Å²) < 4.78 is 24.0. The summed E-state index contributed by atoms with van der Waals surface area (Å²) in [5.41, 5.74) is 0.952. The topological polar surface area (TPSA) is 71.5 Å². The van der Waals surface area contributed by atoms with Gasteiger partial charge >= 0.3 is 0 Å². The molecule has 19 heavy (non-hydrogen) atoms. The minimum absolute atomic E-state index is 0.133. The summed E-state index contributed by atoms with van der Waals surface area (Å²) in [5, 5.41) is 0.888. The maximum atomic E-state index is 12.0. The first-order valence-corrected chi connectivity index (χ1v) is 7.29. The van der Waals surface area contributed by atoms with Gasteiger partial charge in [-0.05, 0) is 19.1 Å². The average molecular weight is 279 g/mol. The van der Waals surface area contributed by atoms with Gasteiger partial charge in [0.05, 0.1) is 10.3 Å². The highest BCUT2D eigenvalue weighted by Crippen LogP contribution is 2.16. The lowest BCUT2D eigenvalue weighted by Gasteiger charge is -2.06. The van der Waals surface area contributed by atoms with Gasteiger partial charge < -0.3 is 0 Å². The summed E-state index contributed by atoms with van der Waals surface area (Å²) in [6.07, 6.45) is 1.30. The van der Waals surface area contributed by atoms with Crippen LogP contribution in [0, 0.1) is 6.92 Å². The zero-order valence-corrected chi connectivity index (χ0v) is 11.2. The Morgan fingerprint density at radius 1 is 1.05 bits per heavy atom. The number of hydrogen-bond acceptors (Lipinski definition) is 4. The van der Waals surface area contributed by atoms with Gasteiger partial charge in [0.15, 0.2) is 0 Å². The second-order valence-corrected chi connectivity index (χ2v) is 6.13. The van der Waals surface area contributed by atoms with Crippen LogP contribution in [0.3, 0.4) is 0 Å². The van der Waals surface area contributed by atoms with Crippen LogP contribution in [-0.2, 0) is 19.4 Å². The molecule has 0 N–H and O–H groups in total. The van der Waals surface area contributed by atoms with Crippen molar-refractivity contribution in [3.8, 4) is 0 Å². The number of aryl methyl sites for hydroxylation is 1. The summed E-state index contributed by atoms with van der Waals surface area (Å²) in [7, 11) is -3.64. The van der Waals surface area contributed by atoms with Crippen LogP contribution >= 0.6 is 0 Å². The quantitative estimate of drug-likeness (QED) is 0.784. The average Bonchev–Trinajstić information content (AvgIpc) is 2.67. The first-order valence-electron chi connectivity index (χ1n) is 5.75. The van der Waals surface area contributed by atoms with E-state index in [9.17, 15) is 18.0 Å². The van der Waals surface area contributed by atoms with E-state index in [2.05, 4.69) is 0 Å². The molecule has 2 rings (SSSR count). The number of amides is 2. The third kappa shape index (κ3) is 2.90. The molecule has 0 unspecified atom stereocenters. The maximum absolute atomic E-state index is 12.0. The van der Waals surface area contributed by atoms with E-state index in [-0.39, 0.29) is 29.6 Å². The first kappa shape index (κ1) is 13.5. The molecule has 1 heterocycles. The number of nitrogens with zero attached hydrogens (tertiary/aromatic N) is 1. The zero-order valence-electron chi connectivity index (χ0n) is 10.4. The highest BCUT2D eigenvalue weighted by Gasteiger charge is 2.27. The Balaban J connectivity index is 2.24. The van der Waals surface area contributed by atoms with E-state index in [1.54, 1.807) is 12.1 Å². The lowest BCUT2D eigenvalue weighted by Crippen LogP contribution is -2.22. The van der Waals surface area contributed by atoms with Crippen molar-refractivity contribution in [1.82, 2.24) is 4.90 Å². The van der Waals surface area contributed by atoms with E-state index >= 15 is 0 Å². The molecule has 100 valence electrons. The predicted molar refractivity (Wildman–Crippen MR) is 68.6 cm³/mol. The van der Waals surface area contributed by atoms with Crippen LogP contribution < -0.4 is 0 Å². The summed E-state index contributed by atoms with van der Waals surface area (Å²) >= 11 is 0. The van der Waals surface area contributed by atoms with Crippen molar-refractivity contribution < 1.29 is 18.0 Å². The lowest BCUT2D eigenvalue weighted by molar-refractivity contribution is -0.135. The third-order valence-electron chi connectivity index (χ3n) is 2.83. The molecule has 6 heteroatoms. The molecule has 0 saturated carbocycles. The second-order valence-electron chi connectivity index (χ2n) is 4.30. The number of carbonyl (C=O) groups is 2. The van der Waals surface area contributed by atoms with Gasteiger partial charge in [0.25, 0.3) is 0 Å². The minimum atomic E-state index is -3.64. The van der Waals surface area contributed by atoms with Crippen molar-refractivity contribution in [2.45, 2.75) is 24.7 Å². The molecule has 0 spiro atoms. The monoisotopic (exact) mass is 279 g/mol. The van der Waals surface area contributed by atoms with Crippen molar-refractivity contribution in [2.75, 3.05) is 0 Å². The molecular weight excluding hydrogens is 266 g/mol. The van der Waals surface area contributed by atoms with E-state index in [0.29, 0.717) is 0 Å². The summed E-state index contributed by atoms with van der Waals surface area (Å²) in [4.78, 5) is 23.7. The molecule has 2 amide bonds. The Bertz CT molecular complexity index is 628. The van der Waals surface area contributed by atoms with E-state index in [1.807, 2.05) is 6.92 Å². The molecule has 0 aromatic heterocycles. The van der Waals surface area contributed by atoms with Gasteiger partial charge in [-0.15, -0.1) is 0 Å². The van der Waals surface area contributed by atoms with Crippen molar-refractivity contribution in [2.24, 2.45) is 0 Å². The van der Waals surface area contributed by atoms with Crippen LogP contribution in [0.4, 0.5) is 0 Å². The van der Waals surface area contributed by atoms with E-state index in [4.69, 9.17) is 0 Å². The first-order chi connectivity index (χ1) is 8.90. The van der Waals surface area contributed by atoms with Gasteiger partial charge in [-0.1, -0.05) is 17.7 Å². The van der Waals surface area contributed by atoms with Crippen LogP contribution in [0.25, 0.3) is 0 Å². The molecule has 0 atom stereocenters. The van der Waals surface area contributed by atoms with Gasteiger partial charge in [0, 0.05) is 19.0 Å². The van der Waals surface area contributed by atoms with Gasteiger partial charge in [-0.2, -0.15) is 0 Å². The Labute approximate surface area is 111 Å². The molecule has 0 aliphatic carbocycles. The number of imide groups is 1. The van der Waals surface area contributed by atoms with Gasteiger partial charge in [0.1, 0.15) is 0 Å². The summed E-state index contributed by atoms with van der Waals surface area (Å²) in [6.45, 7) is 1.85. The number of rotatable bonds is 3. The fourth-order valence-corrected chi connectivity index (χ4v) is 2.66. The summed E-state index contributed by atoms with van der Waals surface area (Å²) in [6, 6.07) is 6.35. The van der Waals surface area contributed by atoms with Crippen LogP contribution in [0.2, 0.25) is 0 Å². The van der Waals surface area contributed by atoms with E-state index in [1.165, 1.54) is 12.1 Å². The number of carbonyl (C=O) groups excluding carboxylic acids is 2. The van der Waals surface area contributed by atoms with Crippen LogP contribution in [0.5, 0.6) is 0 Å². The number of sulfone groups is 1. The second kappa shape index (κ2) is 4.97. The van der Waals surface area contributed by atoms with E-state index < -0.39 is 9.84 Å². The van der Waals surface area contributed by atoms with Crippen molar-refractivity contribution in [3.05, 3.63) is 41.4 Å². The van der Waals surface area contributed by atoms with Gasteiger partial charge in [-0.25, -0.2) is 8.42 Å². The van der Waals surface area contributed by atoms with Crippen molar-refractivity contribution >= 4 is 21.7 Å². The van der Waals surface area contributed by atoms with Crippen molar-refractivity contribution in [1.29, 1.82) is 0 Å². The highest BCUT2D eigenvalue weighted by molar-refractivity contribution is 7.94. The Hall–Kier alpha value is -1.95. The molecule has 1 fully saturated rings. The Morgan fingerprint density at radius 3 is 2.11 bits per heavy atom. The SMILES string of the molecule is Cc1ccc(S(=O)(=O)/C=C/N2C(=O)CCC2=O)cc1. The molecule has 1 aliphatic heterocycles. The number of benzene rings is 1. The van der Waals surface area contributed by atoms with Crippen LogP contribution in [-0.4, -0.2) is 25.1 Å². The highest BCUT2D eigenvalue weighted by atomic mass is 32.2. The molecule has 1 aromatic rings. The molecular formula is C13H13NO4S. The van der Waals surface area contributed by atoms with Crippen LogP contribution in [0.1, 0.15) is 18.4 Å². The van der Waals surface area contributed by atoms with Crippen molar-refractivity contribution in [3.63, 3.8) is 0 Å². The van der Waals surface area contributed by atoms with E-state index in [0.717, 1.165) is 22.1 Å². The fourth-order valence-electron chi connectivity index (χ4n) is 1.71. The Morgan fingerprint density at radius 2 is 1.58 bits per heavy atom.